The van der Waals surface area contributed by atoms with Crippen LogP contribution in [0.5, 0.6) is 5.75 Å². The minimum atomic E-state index is -1.26. The molecule has 0 spiro atoms. The fourth-order valence-corrected chi connectivity index (χ4v) is 2.25. The highest BCUT2D eigenvalue weighted by atomic mass is 19.1. The number of nitrogens with zero attached hydrogens (tertiary/aromatic N) is 3. The quantitative estimate of drug-likeness (QED) is 0.921. The summed E-state index contributed by atoms with van der Waals surface area (Å²) in [5.41, 5.74) is -0.403. The molecule has 1 aromatic heterocycles. The van der Waals surface area contributed by atoms with Crippen molar-refractivity contribution in [1.82, 2.24) is 20.1 Å². The second-order valence-corrected chi connectivity index (χ2v) is 5.14. The van der Waals surface area contributed by atoms with E-state index in [1.165, 1.54) is 0 Å². The van der Waals surface area contributed by atoms with E-state index in [0.29, 0.717) is 31.1 Å². The molecule has 2 heterocycles. The highest BCUT2D eigenvalue weighted by molar-refractivity contribution is 5.56. The minimum absolute atomic E-state index is 0.0686. The van der Waals surface area contributed by atoms with E-state index in [0.717, 1.165) is 5.56 Å². The van der Waals surface area contributed by atoms with Gasteiger partial charge in [-0.15, -0.1) is 0 Å². The number of alkyl halides is 1. The van der Waals surface area contributed by atoms with E-state index >= 15 is 0 Å². The van der Waals surface area contributed by atoms with Gasteiger partial charge < -0.3 is 10.1 Å². The van der Waals surface area contributed by atoms with Gasteiger partial charge in [-0.3, -0.25) is 4.68 Å². The minimum Gasteiger partial charge on any atom is -0.490 e. The Morgan fingerprint density at radius 1 is 1.50 bits per heavy atom. The second kappa shape index (κ2) is 5.20. The van der Waals surface area contributed by atoms with Crippen LogP contribution in [0.2, 0.25) is 0 Å². The summed E-state index contributed by atoms with van der Waals surface area (Å²) in [6.07, 6.45) is 2.14. The maximum Gasteiger partial charge on any atom is 0.181 e. The van der Waals surface area contributed by atoms with Crippen LogP contribution in [-0.2, 0) is 7.05 Å². The standard InChI is InChI=1S/C14H17FN4O/c1-19-10-17-13(18-19)11-3-2-4-12(7-11)20-9-14(15)5-6-16-8-14/h2-4,7,10,16H,5-6,8-9H2,1H3. The second-order valence-electron chi connectivity index (χ2n) is 5.14. The average molecular weight is 276 g/mol. The van der Waals surface area contributed by atoms with Gasteiger partial charge in [-0.2, -0.15) is 5.10 Å². The highest BCUT2D eigenvalue weighted by Crippen LogP contribution is 2.24. The molecule has 0 aliphatic carbocycles. The van der Waals surface area contributed by atoms with E-state index in [2.05, 4.69) is 15.4 Å². The summed E-state index contributed by atoms with van der Waals surface area (Å²) in [7, 11) is 1.82. The molecule has 20 heavy (non-hydrogen) atoms. The molecule has 0 amide bonds. The lowest BCUT2D eigenvalue weighted by Gasteiger charge is -2.18. The number of hydrogen-bond donors (Lipinski definition) is 1. The van der Waals surface area contributed by atoms with Gasteiger partial charge in [0.05, 0.1) is 0 Å². The summed E-state index contributed by atoms with van der Waals surface area (Å²) in [4.78, 5) is 4.19. The van der Waals surface area contributed by atoms with Crippen LogP contribution in [0, 0.1) is 0 Å². The Labute approximate surface area is 116 Å². The maximum absolute atomic E-state index is 14.2. The van der Waals surface area contributed by atoms with Crippen molar-refractivity contribution in [3.8, 4) is 17.1 Å². The molecular weight excluding hydrogens is 259 g/mol. The number of nitrogens with one attached hydrogen (secondary N) is 1. The van der Waals surface area contributed by atoms with Crippen LogP contribution in [-0.4, -0.2) is 40.1 Å². The van der Waals surface area contributed by atoms with Crippen molar-refractivity contribution >= 4 is 0 Å². The van der Waals surface area contributed by atoms with Crippen LogP contribution in [0.25, 0.3) is 11.4 Å². The molecule has 3 rings (SSSR count). The molecule has 1 fully saturated rings. The summed E-state index contributed by atoms with van der Waals surface area (Å²) in [6.45, 7) is 1.13. The van der Waals surface area contributed by atoms with Crippen molar-refractivity contribution in [2.24, 2.45) is 7.05 Å². The molecule has 1 aliphatic heterocycles. The van der Waals surface area contributed by atoms with E-state index < -0.39 is 5.67 Å². The Morgan fingerprint density at radius 3 is 3.10 bits per heavy atom. The van der Waals surface area contributed by atoms with Gasteiger partial charge in [0.25, 0.3) is 0 Å². The van der Waals surface area contributed by atoms with Crippen molar-refractivity contribution < 1.29 is 9.13 Å². The third kappa shape index (κ3) is 2.80. The van der Waals surface area contributed by atoms with Crippen molar-refractivity contribution in [3.05, 3.63) is 30.6 Å². The first-order chi connectivity index (χ1) is 9.65. The Kier molecular flexibility index (Phi) is 3.40. The molecule has 5 nitrogen and oxygen atoms in total. The zero-order valence-electron chi connectivity index (χ0n) is 11.3. The van der Waals surface area contributed by atoms with Gasteiger partial charge >= 0.3 is 0 Å². The predicted octanol–water partition coefficient (Wildman–Crippen LogP) is 1.56. The van der Waals surface area contributed by atoms with Gasteiger partial charge in [-0.25, -0.2) is 9.37 Å². The lowest BCUT2D eigenvalue weighted by atomic mass is 10.1. The average Bonchev–Trinajstić information content (AvgIpc) is 3.07. The van der Waals surface area contributed by atoms with Crippen molar-refractivity contribution in [1.29, 1.82) is 0 Å². The first-order valence-electron chi connectivity index (χ1n) is 6.63. The molecular formula is C14H17FN4O. The first kappa shape index (κ1) is 13.1. The fraction of sp³-hybridized carbons (Fsp3) is 0.429. The molecule has 1 N–H and O–H groups in total. The number of rotatable bonds is 4. The van der Waals surface area contributed by atoms with Gasteiger partial charge in [-0.05, 0) is 25.1 Å². The zero-order chi connectivity index (χ0) is 14.0. The molecule has 1 aromatic carbocycles. The molecule has 0 saturated carbocycles. The Balaban J connectivity index is 1.71. The molecule has 6 heteroatoms. The molecule has 2 aromatic rings. The fourth-order valence-electron chi connectivity index (χ4n) is 2.25. The van der Waals surface area contributed by atoms with Gasteiger partial charge in [0, 0.05) is 19.2 Å². The van der Waals surface area contributed by atoms with Crippen LogP contribution in [0.4, 0.5) is 4.39 Å². The van der Waals surface area contributed by atoms with E-state index in [1.54, 1.807) is 11.0 Å². The number of hydrogen-bond acceptors (Lipinski definition) is 4. The van der Waals surface area contributed by atoms with Crippen molar-refractivity contribution in [2.45, 2.75) is 12.1 Å². The highest BCUT2D eigenvalue weighted by Gasteiger charge is 2.34. The number of aryl methyl sites for hydroxylation is 1. The number of benzene rings is 1. The van der Waals surface area contributed by atoms with Crippen LogP contribution < -0.4 is 10.1 Å². The Bertz CT molecular complexity index is 592. The van der Waals surface area contributed by atoms with Crippen molar-refractivity contribution in [2.75, 3.05) is 19.7 Å². The lowest BCUT2D eigenvalue weighted by Crippen LogP contribution is -2.33. The van der Waals surface area contributed by atoms with Gasteiger partial charge in [-0.1, -0.05) is 12.1 Å². The SMILES string of the molecule is Cn1cnc(-c2cccc(OCC3(F)CCNC3)c2)n1. The van der Waals surface area contributed by atoms with E-state index in [1.807, 2.05) is 31.3 Å². The Hall–Kier alpha value is -1.95. The molecule has 0 radical (unpaired) electrons. The smallest absolute Gasteiger partial charge is 0.181 e. The van der Waals surface area contributed by atoms with Crippen molar-refractivity contribution in [3.63, 3.8) is 0 Å². The maximum atomic E-state index is 14.2. The van der Waals surface area contributed by atoms with Crippen LogP contribution in [0.15, 0.2) is 30.6 Å². The molecule has 1 aliphatic rings. The predicted molar refractivity (Wildman–Crippen MR) is 73.3 cm³/mol. The van der Waals surface area contributed by atoms with Gasteiger partial charge in [0.2, 0.25) is 0 Å². The van der Waals surface area contributed by atoms with E-state index in [9.17, 15) is 4.39 Å². The van der Waals surface area contributed by atoms with Crippen LogP contribution in [0.3, 0.4) is 0 Å². The van der Waals surface area contributed by atoms with Crippen LogP contribution in [0.1, 0.15) is 6.42 Å². The van der Waals surface area contributed by atoms with Gasteiger partial charge in [0.15, 0.2) is 11.5 Å². The number of aromatic nitrogens is 3. The topological polar surface area (TPSA) is 52.0 Å². The monoisotopic (exact) mass is 276 g/mol. The molecule has 1 saturated heterocycles. The summed E-state index contributed by atoms with van der Waals surface area (Å²) in [6, 6.07) is 7.42. The summed E-state index contributed by atoms with van der Waals surface area (Å²) in [5, 5.41) is 7.25. The first-order valence-corrected chi connectivity index (χ1v) is 6.63. The number of halogens is 1. The van der Waals surface area contributed by atoms with E-state index in [4.69, 9.17) is 4.74 Å². The van der Waals surface area contributed by atoms with Gasteiger partial charge in [0.1, 0.15) is 18.7 Å². The zero-order valence-corrected chi connectivity index (χ0v) is 11.3. The molecule has 106 valence electrons. The summed E-state index contributed by atoms with van der Waals surface area (Å²) >= 11 is 0. The summed E-state index contributed by atoms with van der Waals surface area (Å²) in [5.74, 6) is 1.27. The van der Waals surface area contributed by atoms with E-state index in [-0.39, 0.29) is 6.61 Å². The Morgan fingerprint density at radius 2 is 2.40 bits per heavy atom. The summed E-state index contributed by atoms with van der Waals surface area (Å²) < 4.78 is 21.4. The third-order valence-corrected chi connectivity index (χ3v) is 3.38. The third-order valence-electron chi connectivity index (χ3n) is 3.38. The van der Waals surface area contributed by atoms with Crippen LogP contribution >= 0.6 is 0 Å². The largest absolute Gasteiger partial charge is 0.490 e. The lowest BCUT2D eigenvalue weighted by molar-refractivity contribution is 0.103. The molecule has 1 unspecified atom stereocenters. The molecule has 0 bridgehead atoms. The number of ether oxygens (including phenoxy) is 1. The molecule has 1 atom stereocenters. The normalized spacial score (nSPS) is 22.1.